The van der Waals surface area contributed by atoms with Crippen molar-refractivity contribution in [3.63, 3.8) is 0 Å². The molecule has 0 heterocycles. The lowest BCUT2D eigenvalue weighted by Crippen LogP contribution is -2.15. The summed E-state index contributed by atoms with van der Waals surface area (Å²) in [6.07, 6.45) is 3.06. The van der Waals surface area contributed by atoms with E-state index in [4.69, 9.17) is 9.47 Å². The molecule has 0 aromatic heterocycles. The van der Waals surface area contributed by atoms with E-state index in [1.54, 1.807) is 0 Å². The van der Waals surface area contributed by atoms with Gasteiger partial charge in [-0.1, -0.05) is 0 Å². The van der Waals surface area contributed by atoms with Gasteiger partial charge in [-0.2, -0.15) is 0 Å². The van der Waals surface area contributed by atoms with Crippen LogP contribution in [0.5, 0.6) is 17.2 Å². The Balaban J connectivity index is 2.29. The zero-order valence-corrected chi connectivity index (χ0v) is 9.97. The van der Waals surface area contributed by atoms with E-state index in [1.807, 2.05) is 6.92 Å². The molecule has 4 nitrogen and oxygen atoms in total. The largest absolute Gasteiger partial charge is 0.508 e. The Labute approximate surface area is 100 Å². The monoisotopic (exact) mass is 236 g/mol. The summed E-state index contributed by atoms with van der Waals surface area (Å²) in [7, 11) is 1.45. The summed E-state index contributed by atoms with van der Waals surface area (Å²) in [5.74, 6) is 1.31. The van der Waals surface area contributed by atoms with Crippen LogP contribution in [0.2, 0.25) is 0 Å². The fourth-order valence-corrected chi connectivity index (χ4v) is 1.83. The number of rotatable bonds is 5. The number of methoxy groups -OCH3 is 1. The van der Waals surface area contributed by atoms with Crippen molar-refractivity contribution in [2.45, 2.75) is 25.9 Å². The van der Waals surface area contributed by atoms with E-state index < -0.39 is 0 Å². The minimum atomic E-state index is 0.0328. The number of phenols is 1. The number of benzene rings is 1. The average molecular weight is 236 g/mol. The van der Waals surface area contributed by atoms with E-state index in [1.165, 1.54) is 19.2 Å². The standard InChI is InChI=1S/C13H16O4/c1-8(9-3-4-9)17-13-6-10(15)5-12(16-2)11(13)7-14/h5-9,15H,3-4H2,1-2H3. The Hall–Kier alpha value is -1.71. The molecule has 0 bridgehead atoms. The maximum absolute atomic E-state index is 11.0. The highest BCUT2D eigenvalue weighted by Crippen LogP contribution is 2.38. The van der Waals surface area contributed by atoms with Crippen molar-refractivity contribution in [2.75, 3.05) is 7.11 Å². The highest BCUT2D eigenvalue weighted by molar-refractivity contribution is 5.84. The molecular weight excluding hydrogens is 220 g/mol. The van der Waals surface area contributed by atoms with Crippen LogP contribution in [0.1, 0.15) is 30.1 Å². The Morgan fingerprint density at radius 2 is 2.06 bits per heavy atom. The second-order valence-corrected chi connectivity index (χ2v) is 4.34. The molecule has 1 aliphatic carbocycles. The third kappa shape index (κ3) is 2.52. The molecule has 0 radical (unpaired) electrons. The minimum Gasteiger partial charge on any atom is -0.508 e. The summed E-state index contributed by atoms with van der Waals surface area (Å²) in [6.45, 7) is 1.97. The number of carbonyl (C=O) groups excluding carboxylic acids is 1. The maximum Gasteiger partial charge on any atom is 0.157 e. The SMILES string of the molecule is COc1cc(O)cc(OC(C)C2CC2)c1C=O. The van der Waals surface area contributed by atoms with Gasteiger partial charge in [0, 0.05) is 12.1 Å². The van der Waals surface area contributed by atoms with Gasteiger partial charge >= 0.3 is 0 Å². The number of phenolic OH excluding ortho intramolecular Hbond substituents is 1. The summed E-state index contributed by atoms with van der Waals surface area (Å²) in [5.41, 5.74) is 0.345. The van der Waals surface area contributed by atoms with E-state index in [-0.39, 0.29) is 11.9 Å². The van der Waals surface area contributed by atoms with Gasteiger partial charge in [0.05, 0.1) is 18.8 Å². The molecular formula is C13H16O4. The van der Waals surface area contributed by atoms with Crippen molar-refractivity contribution in [1.82, 2.24) is 0 Å². The Bertz CT molecular complexity index is 424. The van der Waals surface area contributed by atoms with E-state index >= 15 is 0 Å². The molecule has 0 spiro atoms. The van der Waals surface area contributed by atoms with Crippen LogP contribution in [-0.2, 0) is 0 Å². The van der Waals surface area contributed by atoms with Crippen LogP contribution in [0, 0.1) is 5.92 Å². The lowest BCUT2D eigenvalue weighted by atomic mass is 10.1. The van der Waals surface area contributed by atoms with Crippen molar-refractivity contribution in [3.05, 3.63) is 17.7 Å². The highest BCUT2D eigenvalue weighted by atomic mass is 16.5. The Kier molecular flexibility index (Phi) is 3.22. The number of hydrogen-bond donors (Lipinski definition) is 1. The normalized spacial score (nSPS) is 16.4. The van der Waals surface area contributed by atoms with Gasteiger partial charge in [0.1, 0.15) is 17.2 Å². The summed E-state index contributed by atoms with van der Waals surface area (Å²) in [4.78, 5) is 11.0. The number of aromatic hydroxyl groups is 1. The van der Waals surface area contributed by atoms with Crippen LogP contribution < -0.4 is 9.47 Å². The molecule has 1 atom stereocenters. The molecule has 2 rings (SSSR count). The molecule has 17 heavy (non-hydrogen) atoms. The minimum absolute atomic E-state index is 0.0328. The summed E-state index contributed by atoms with van der Waals surface area (Å²) in [6, 6.07) is 2.85. The van der Waals surface area contributed by atoms with Gasteiger partial charge in [-0.25, -0.2) is 0 Å². The average Bonchev–Trinajstić information content (AvgIpc) is 3.11. The molecule has 1 unspecified atom stereocenters. The second-order valence-electron chi connectivity index (χ2n) is 4.34. The predicted octanol–water partition coefficient (Wildman–Crippen LogP) is 2.39. The van der Waals surface area contributed by atoms with Crippen molar-refractivity contribution in [1.29, 1.82) is 0 Å². The van der Waals surface area contributed by atoms with Gasteiger partial charge in [0.2, 0.25) is 0 Å². The fraction of sp³-hybridized carbons (Fsp3) is 0.462. The zero-order chi connectivity index (χ0) is 12.4. The number of carbonyl (C=O) groups is 1. The van der Waals surface area contributed by atoms with Gasteiger partial charge in [0.25, 0.3) is 0 Å². The number of ether oxygens (including phenoxy) is 2. The Morgan fingerprint density at radius 1 is 1.41 bits per heavy atom. The summed E-state index contributed by atoms with van der Waals surface area (Å²) in [5, 5.41) is 9.54. The molecule has 1 fully saturated rings. The lowest BCUT2D eigenvalue weighted by molar-refractivity contribution is 0.111. The molecule has 1 aromatic rings. The summed E-state index contributed by atoms with van der Waals surface area (Å²) < 4.78 is 10.8. The van der Waals surface area contributed by atoms with E-state index in [2.05, 4.69) is 0 Å². The molecule has 92 valence electrons. The first-order valence-electron chi connectivity index (χ1n) is 5.68. The van der Waals surface area contributed by atoms with Crippen LogP contribution in [0.3, 0.4) is 0 Å². The number of aldehydes is 1. The van der Waals surface area contributed by atoms with Gasteiger partial charge in [-0.3, -0.25) is 4.79 Å². The van der Waals surface area contributed by atoms with Crippen molar-refractivity contribution < 1.29 is 19.4 Å². The van der Waals surface area contributed by atoms with Crippen LogP contribution >= 0.6 is 0 Å². The van der Waals surface area contributed by atoms with E-state index in [0.29, 0.717) is 29.3 Å². The van der Waals surface area contributed by atoms with Gasteiger partial charge in [-0.05, 0) is 25.7 Å². The molecule has 4 heteroatoms. The van der Waals surface area contributed by atoms with Crippen LogP contribution in [-0.4, -0.2) is 24.6 Å². The smallest absolute Gasteiger partial charge is 0.157 e. The van der Waals surface area contributed by atoms with E-state index in [9.17, 15) is 9.90 Å². The van der Waals surface area contributed by atoms with Crippen LogP contribution in [0.15, 0.2) is 12.1 Å². The lowest BCUT2D eigenvalue weighted by Gasteiger charge is -2.17. The van der Waals surface area contributed by atoms with Crippen LogP contribution in [0.25, 0.3) is 0 Å². The predicted molar refractivity (Wildman–Crippen MR) is 62.9 cm³/mol. The van der Waals surface area contributed by atoms with Gasteiger partial charge in [-0.15, -0.1) is 0 Å². The first-order valence-corrected chi connectivity index (χ1v) is 5.68. The van der Waals surface area contributed by atoms with Crippen LogP contribution in [0.4, 0.5) is 0 Å². The number of hydrogen-bond acceptors (Lipinski definition) is 4. The zero-order valence-electron chi connectivity index (χ0n) is 9.97. The summed E-state index contributed by atoms with van der Waals surface area (Å²) >= 11 is 0. The molecule has 1 aromatic carbocycles. The fourth-order valence-electron chi connectivity index (χ4n) is 1.83. The van der Waals surface area contributed by atoms with Crippen molar-refractivity contribution >= 4 is 6.29 Å². The molecule has 0 amide bonds. The third-order valence-corrected chi connectivity index (χ3v) is 3.03. The third-order valence-electron chi connectivity index (χ3n) is 3.03. The molecule has 1 aliphatic rings. The Morgan fingerprint density at radius 3 is 2.59 bits per heavy atom. The van der Waals surface area contributed by atoms with E-state index in [0.717, 1.165) is 12.8 Å². The highest BCUT2D eigenvalue weighted by Gasteiger charge is 2.30. The van der Waals surface area contributed by atoms with Gasteiger partial charge < -0.3 is 14.6 Å². The molecule has 1 N–H and O–H groups in total. The molecule has 0 saturated heterocycles. The topological polar surface area (TPSA) is 55.8 Å². The maximum atomic E-state index is 11.0. The molecule has 0 aliphatic heterocycles. The first-order chi connectivity index (χ1) is 8.15. The first kappa shape index (κ1) is 11.8. The van der Waals surface area contributed by atoms with Crippen molar-refractivity contribution in [3.8, 4) is 17.2 Å². The second kappa shape index (κ2) is 4.65. The quantitative estimate of drug-likeness (QED) is 0.797. The van der Waals surface area contributed by atoms with Gasteiger partial charge in [0.15, 0.2) is 6.29 Å². The van der Waals surface area contributed by atoms with Crippen molar-refractivity contribution in [2.24, 2.45) is 5.92 Å². The molecule has 1 saturated carbocycles.